The highest BCUT2D eigenvalue weighted by atomic mass is 16.5. The molecule has 0 N–H and O–H groups in total. The van der Waals surface area contributed by atoms with Crippen LogP contribution in [0.5, 0.6) is 11.5 Å². The van der Waals surface area contributed by atoms with Crippen LogP contribution in [0.25, 0.3) is 0 Å². The molecule has 0 saturated carbocycles. The predicted molar refractivity (Wildman–Crippen MR) is 49.2 cm³/mol. The zero-order valence-corrected chi connectivity index (χ0v) is 7.53. The maximum Gasteiger partial charge on any atom is 0.161 e. The molecule has 70 valence electrons. The molecule has 0 fully saturated rings. The molecule has 0 heterocycles. The van der Waals surface area contributed by atoms with E-state index in [1.165, 1.54) is 0 Å². The molecule has 1 aromatic rings. The van der Waals surface area contributed by atoms with Crippen LogP contribution in [0, 0.1) is 0 Å². The average Bonchev–Trinajstić information content (AvgIpc) is 2.17. The Morgan fingerprint density at radius 2 is 1.85 bits per heavy atom. The molecule has 0 spiro atoms. The van der Waals surface area contributed by atoms with Gasteiger partial charge in [-0.25, -0.2) is 0 Å². The average molecular weight is 180 g/mol. The molecular formula is C10H12O3. The number of carbonyl (C=O) groups is 1. The first-order valence-electron chi connectivity index (χ1n) is 4.16. The van der Waals surface area contributed by atoms with Gasteiger partial charge in [0.25, 0.3) is 0 Å². The second-order valence-corrected chi connectivity index (χ2v) is 2.36. The summed E-state index contributed by atoms with van der Waals surface area (Å²) >= 11 is 0. The molecule has 1 rings (SSSR count). The van der Waals surface area contributed by atoms with E-state index >= 15 is 0 Å². The van der Waals surface area contributed by atoms with Crippen molar-refractivity contribution in [3.63, 3.8) is 0 Å². The molecule has 3 nitrogen and oxygen atoms in total. The van der Waals surface area contributed by atoms with Gasteiger partial charge in [0, 0.05) is 0 Å². The van der Waals surface area contributed by atoms with E-state index in [9.17, 15) is 4.79 Å². The van der Waals surface area contributed by atoms with Gasteiger partial charge in [-0.15, -0.1) is 0 Å². The highest BCUT2D eigenvalue weighted by Crippen LogP contribution is 2.25. The van der Waals surface area contributed by atoms with Gasteiger partial charge in [0.2, 0.25) is 0 Å². The number of aldehydes is 1. The quantitative estimate of drug-likeness (QED) is 0.646. The first-order valence-corrected chi connectivity index (χ1v) is 4.16. The summed E-state index contributed by atoms with van der Waals surface area (Å²) in [6, 6.07) is 7.28. The Morgan fingerprint density at radius 3 is 2.38 bits per heavy atom. The summed E-state index contributed by atoms with van der Waals surface area (Å²) in [5, 5.41) is 0. The van der Waals surface area contributed by atoms with Crippen molar-refractivity contribution in [3.8, 4) is 11.5 Å². The van der Waals surface area contributed by atoms with Crippen molar-refractivity contribution in [1.29, 1.82) is 0 Å². The fraction of sp³-hybridized carbons (Fsp3) is 0.300. The Balaban J connectivity index is 2.71. The number of rotatable bonds is 5. The van der Waals surface area contributed by atoms with E-state index in [4.69, 9.17) is 9.47 Å². The van der Waals surface area contributed by atoms with Crippen LogP contribution in [-0.2, 0) is 4.79 Å². The number of ether oxygens (including phenoxy) is 2. The Bertz CT molecular complexity index is 271. The topological polar surface area (TPSA) is 35.5 Å². The fourth-order valence-corrected chi connectivity index (χ4v) is 0.968. The summed E-state index contributed by atoms with van der Waals surface area (Å²) in [6.45, 7) is 2.54. The third-order valence-corrected chi connectivity index (χ3v) is 1.46. The maximum atomic E-state index is 10.1. The van der Waals surface area contributed by atoms with Crippen LogP contribution in [0.2, 0.25) is 0 Å². The standard InChI is InChI=1S/C10H12O3/c1-2-12-9-5-3-4-6-10(9)13-8-7-11/h3-7H,2,8H2,1H3. The molecule has 3 heteroatoms. The van der Waals surface area contributed by atoms with Gasteiger partial charge in [-0.3, -0.25) is 4.79 Å². The van der Waals surface area contributed by atoms with Crippen molar-refractivity contribution in [2.75, 3.05) is 13.2 Å². The van der Waals surface area contributed by atoms with Crippen LogP contribution < -0.4 is 9.47 Å². The van der Waals surface area contributed by atoms with Gasteiger partial charge in [-0.05, 0) is 19.1 Å². The summed E-state index contributed by atoms with van der Waals surface area (Å²) in [5.41, 5.74) is 0. The van der Waals surface area contributed by atoms with Gasteiger partial charge in [0.15, 0.2) is 17.8 Å². The number of hydrogen-bond donors (Lipinski definition) is 0. The van der Waals surface area contributed by atoms with Crippen LogP contribution >= 0.6 is 0 Å². The minimum atomic E-state index is 0.0596. The highest BCUT2D eigenvalue weighted by Gasteiger charge is 2.01. The molecule has 0 amide bonds. The van der Waals surface area contributed by atoms with Gasteiger partial charge in [-0.2, -0.15) is 0 Å². The lowest BCUT2D eigenvalue weighted by molar-refractivity contribution is -0.109. The van der Waals surface area contributed by atoms with Crippen molar-refractivity contribution in [3.05, 3.63) is 24.3 Å². The Hall–Kier alpha value is -1.51. The van der Waals surface area contributed by atoms with E-state index in [2.05, 4.69) is 0 Å². The highest BCUT2D eigenvalue weighted by molar-refractivity contribution is 5.52. The van der Waals surface area contributed by atoms with Gasteiger partial charge in [-0.1, -0.05) is 12.1 Å². The molecular weight excluding hydrogens is 168 g/mol. The third-order valence-electron chi connectivity index (χ3n) is 1.46. The predicted octanol–water partition coefficient (Wildman–Crippen LogP) is 1.66. The first kappa shape index (κ1) is 9.58. The molecule has 0 radical (unpaired) electrons. The van der Waals surface area contributed by atoms with Gasteiger partial charge in [0.05, 0.1) is 6.61 Å². The Kier molecular flexibility index (Phi) is 3.82. The largest absolute Gasteiger partial charge is 0.490 e. The summed E-state index contributed by atoms with van der Waals surface area (Å²) < 4.78 is 10.4. The Morgan fingerprint density at radius 1 is 1.23 bits per heavy atom. The van der Waals surface area contributed by atoms with E-state index in [0.717, 1.165) is 0 Å². The van der Waals surface area contributed by atoms with E-state index in [1.807, 2.05) is 25.1 Å². The third kappa shape index (κ3) is 2.78. The molecule has 0 unspecified atom stereocenters. The fourth-order valence-electron chi connectivity index (χ4n) is 0.968. The molecule has 0 saturated heterocycles. The smallest absolute Gasteiger partial charge is 0.161 e. The van der Waals surface area contributed by atoms with Crippen molar-refractivity contribution in [1.82, 2.24) is 0 Å². The summed E-state index contributed by atoms with van der Waals surface area (Å²) in [5.74, 6) is 1.28. The maximum absolute atomic E-state index is 10.1. The summed E-state index contributed by atoms with van der Waals surface area (Å²) in [4.78, 5) is 10.1. The van der Waals surface area contributed by atoms with E-state index < -0.39 is 0 Å². The molecule has 0 aliphatic carbocycles. The number of benzene rings is 1. The lowest BCUT2D eigenvalue weighted by atomic mass is 10.3. The van der Waals surface area contributed by atoms with Crippen LogP contribution in [0.15, 0.2) is 24.3 Å². The number of para-hydroxylation sites is 2. The van der Waals surface area contributed by atoms with Crippen molar-refractivity contribution in [2.45, 2.75) is 6.92 Å². The van der Waals surface area contributed by atoms with Crippen molar-refractivity contribution >= 4 is 6.29 Å². The van der Waals surface area contributed by atoms with Crippen molar-refractivity contribution < 1.29 is 14.3 Å². The van der Waals surface area contributed by atoms with E-state index in [-0.39, 0.29) is 6.61 Å². The lowest BCUT2D eigenvalue weighted by Crippen LogP contribution is -2.00. The minimum absolute atomic E-state index is 0.0596. The molecule has 0 aliphatic rings. The van der Waals surface area contributed by atoms with Gasteiger partial charge in [0.1, 0.15) is 6.61 Å². The second-order valence-electron chi connectivity index (χ2n) is 2.36. The van der Waals surface area contributed by atoms with E-state index in [0.29, 0.717) is 24.4 Å². The van der Waals surface area contributed by atoms with E-state index in [1.54, 1.807) is 6.07 Å². The van der Waals surface area contributed by atoms with Crippen LogP contribution in [0.1, 0.15) is 6.92 Å². The first-order chi connectivity index (χ1) is 6.38. The van der Waals surface area contributed by atoms with Crippen molar-refractivity contribution in [2.24, 2.45) is 0 Å². The summed E-state index contributed by atoms with van der Waals surface area (Å²) in [7, 11) is 0. The zero-order chi connectivity index (χ0) is 9.52. The van der Waals surface area contributed by atoms with Gasteiger partial charge >= 0.3 is 0 Å². The normalized spacial score (nSPS) is 9.31. The zero-order valence-electron chi connectivity index (χ0n) is 7.53. The molecule has 13 heavy (non-hydrogen) atoms. The lowest BCUT2D eigenvalue weighted by Gasteiger charge is -2.08. The van der Waals surface area contributed by atoms with Crippen LogP contribution in [0.4, 0.5) is 0 Å². The molecule has 0 atom stereocenters. The monoisotopic (exact) mass is 180 g/mol. The molecule has 0 aliphatic heterocycles. The number of hydrogen-bond acceptors (Lipinski definition) is 3. The van der Waals surface area contributed by atoms with Crippen LogP contribution in [0.3, 0.4) is 0 Å². The van der Waals surface area contributed by atoms with Crippen LogP contribution in [-0.4, -0.2) is 19.5 Å². The molecule has 0 aromatic heterocycles. The second kappa shape index (κ2) is 5.19. The minimum Gasteiger partial charge on any atom is -0.490 e. The molecule has 0 bridgehead atoms. The SMILES string of the molecule is CCOc1ccccc1OCC=O. The van der Waals surface area contributed by atoms with Gasteiger partial charge < -0.3 is 9.47 Å². The Labute approximate surface area is 77.3 Å². The number of carbonyl (C=O) groups excluding carboxylic acids is 1. The molecule has 1 aromatic carbocycles. The summed E-state index contributed by atoms with van der Waals surface area (Å²) in [6.07, 6.45) is 0.711.